The highest BCUT2D eigenvalue weighted by molar-refractivity contribution is 5.79. The molecule has 0 bridgehead atoms. The molecule has 0 spiro atoms. The third kappa shape index (κ3) is 2.46. The van der Waals surface area contributed by atoms with E-state index < -0.39 is 6.03 Å². The Morgan fingerprint density at radius 2 is 2.07 bits per heavy atom. The molecule has 6 nitrogen and oxygen atoms in total. The van der Waals surface area contributed by atoms with Crippen LogP contribution in [0.4, 0.5) is 10.6 Å². The van der Waals surface area contributed by atoms with Crippen LogP contribution in [0.2, 0.25) is 0 Å². The van der Waals surface area contributed by atoms with Crippen molar-refractivity contribution in [3.63, 3.8) is 0 Å². The minimum absolute atomic E-state index is 0.317. The van der Waals surface area contributed by atoms with Gasteiger partial charge in [-0.25, -0.2) is 20.2 Å². The largest absolute Gasteiger partial charge is 0.383 e. The van der Waals surface area contributed by atoms with Crippen LogP contribution in [0.25, 0.3) is 0 Å². The van der Waals surface area contributed by atoms with Crippen LogP contribution >= 0.6 is 0 Å². The fourth-order valence-electron chi connectivity index (χ4n) is 0.769. The monoisotopic (exact) mass is 199 g/mol. The summed E-state index contributed by atoms with van der Waals surface area (Å²) in [5.74, 6) is 5.54. The molecule has 0 saturated heterocycles. The maximum atomic E-state index is 11.2. The van der Waals surface area contributed by atoms with E-state index in [1.54, 1.807) is 6.92 Å². The van der Waals surface area contributed by atoms with Gasteiger partial charge in [-0.2, -0.15) is 0 Å². The lowest BCUT2D eigenvalue weighted by molar-refractivity contribution is 0.212. The number of nitrogens with two attached hydrogens (primary N) is 2. The average Bonchev–Trinajstić information content (AvgIpc) is 2.50. The molecule has 0 aliphatic carbocycles. The summed E-state index contributed by atoms with van der Waals surface area (Å²) in [6, 6.07) is -0.409. The number of imidazole rings is 1. The van der Waals surface area contributed by atoms with Crippen LogP contribution in [-0.4, -0.2) is 27.6 Å². The summed E-state index contributed by atoms with van der Waals surface area (Å²) in [5, 5.41) is 0.942. The van der Waals surface area contributed by atoms with Crippen molar-refractivity contribution in [3.8, 4) is 0 Å². The molecule has 1 amide bonds. The summed E-state index contributed by atoms with van der Waals surface area (Å²) < 4.78 is 1.19. The molecule has 6 heteroatoms. The summed E-state index contributed by atoms with van der Waals surface area (Å²) in [4.78, 5) is 15.1. The van der Waals surface area contributed by atoms with E-state index in [1.807, 2.05) is 13.8 Å². The van der Waals surface area contributed by atoms with Gasteiger partial charge in [0.15, 0.2) is 0 Å². The number of hydrogen-bond donors (Lipinski definition) is 2. The van der Waals surface area contributed by atoms with Gasteiger partial charge < -0.3 is 5.73 Å². The van der Waals surface area contributed by atoms with E-state index >= 15 is 0 Å². The average molecular weight is 199 g/mol. The van der Waals surface area contributed by atoms with Gasteiger partial charge in [-0.3, -0.25) is 5.01 Å². The Hall–Kier alpha value is -1.56. The lowest BCUT2D eigenvalue weighted by Crippen LogP contribution is -2.36. The number of hydrazine groups is 1. The molecule has 0 unspecified atom stereocenters. The minimum Gasteiger partial charge on any atom is -0.383 e. The van der Waals surface area contributed by atoms with Crippen LogP contribution in [0, 0.1) is 6.92 Å². The standard InChI is InChI=1S/C6H11N5O.C2H6/c1-4-5(7)11(3-9-4)6(12)10(2)8;1-2/h3H,7-8H2,1-2H3;1-2H3. The topological polar surface area (TPSA) is 90.2 Å². The molecule has 4 N–H and O–H groups in total. The van der Waals surface area contributed by atoms with E-state index in [1.165, 1.54) is 17.9 Å². The van der Waals surface area contributed by atoms with Crippen molar-refractivity contribution < 1.29 is 4.79 Å². The Bertz CT molecular complexity index is 305. The molecular formula is C8H17N5O. The van der Waals surface area contributed by atoms with Crippen molar-refractivity contribution in [1.29, 1.82) is 0 Å². The molecule has 1 heterocycles. The Labute approximate surface area is 83.5 Å². The van der Waals surface area contributed by atoms with Crippen molar-refractivity contribution in [2.24, 2.45) is 5.84 Å². The maximum Gasteiger partial charge on any atom is 0.344 e. The number of amides is 1. The van der Waals surface area contributed by atoms with E-state index in [0.29, 0.717) is 11.5 Å². The zero-order valence-electron chi connectivity index (χ0n) is 8.98. The number of anilines is 1. The first kappa shape index (κ1) is 12.4. The van der Waals surface area contributed by atoms with Crippen molar-refractivity contribution >= 4 is 11.8 Å². The van der Waals surface area contributed by atoms with E-state index in [9.17, 15) is 4.79 Å². The molecule has 0 atom stereocenters. The first-order chi connectivity index (χ1) is 6.54. The van der Waals surface area contributed by atoms with Gasteiger partial charge in [0.25, 0.3) is 0 Å². The number of nitrogen functional groups attached to an aromatic ring is 1. The number of rotatable bonds is 0. The number of nitrogens with zero attached hydrogens (tertiary/aromatic N) is 3. The highest BCUT2D eigenvalue weighted by Crippen LogP contribution is 2.07. The van der Waals surface area contributed by atoms with Gasteiger partial charge in [-0.05, 0) is 6.92 Å². The van der Waals surface area contributed by atoms with Crippen LogP contribution in [0.1, 0.15) is 19.5 Å². The Balaban J connectivity index is 0.000000791. The molecule has 0 aliphatic rings. The Morgan fingerprint density at radius 3 is 2.36 bits per heavy atom. The second kappa shape index (κ2) is 5.23. The third-order valence-electron chi connectivity index (χ3n) is 1.50. The minimum atomic E-state index is -0.409. The molecule has 0 saturated carbocycles. The molecule has 1 aromatic rings. The highest BCUT2D eigenvalue weighted by atomic mass is 16.2. The van der Waals surface area contributed by atoms with Gasteiger partial charge in [-0.1, -0.05) is 13.8 Å². The fourth-order valence-corrected chi connectivity index (χ4v) is 0.769. The zero-order valence-corrected chi connectivity index (χ0v) is 8.98. The number of aromatic nitrogens is 2. The fraction of sp³-hybridized carbons (Fsp3) is 0.500. The van der Waals surface area contributed by atoms with Gasteiger partial charge in [0, 0.05) is 7.05 Å². The molecule has 0 radical (unpaired) electrons. The summed E-state index contributed by atoms with van der Waals surface area (Å²) in [7, 11) is 1.44. The van der Waals surface area contributed by atoms with Gasteiger partial charge >= 0.3 is 6.03 Å². The Kier molecular flexibility index (Phi) is 4.65. The maximum absolute atomic E-state index is 11.2. The predicted octanol–water partition coefficient (Wildman–Crippen LogP) is 0.574. The summed E-state index contributed by atoms with van der Waals surface area (Å²) in [6.07, 6.45) is 1.34. The van der Waals surface area contributed by atoms with E-state index in [0.717, 1.165) is 5.01 Å². The van der Waals surface area contributed by atoms with E-state index in [-0.39, 0.29) is 0 Å². The first-order valence-corrected chi connectivity index (χ1v) is 4.36. The number of carbonyl (C=O) groups is 1. The summed E-state index contributed by atoms with van der Waals surface area (Å²) in [6.45, 7) is 5.72. The Morgan fingerprint density at radius 1 is 1.57 bits per heavy atom. The van der Waals surface area contributed by atoms with Gasteiger partial charge in [-0.15, -0.1) is 0 Å². The molecule has 0 aliphatic heterocycles. The second-order valence-corrected chi connectivity index (χ2v) is 2.48. The van der Waals surface area contributed by atoms with Gasteiger partial charge in [0.1, 0.15) is 12.1 Å². The van der Waals surface area contributed by atoms with Crippen molar-refractivity contribution in [1.82, 2.24) is 14.6 Å². The summed E-state index contributed by atoms with van der Waals surface area (Å²) in [5.41, 5.74) is 6.15. The SMILES string of the molecule is CC.Cc1ncn(C(=O)N(C)N)c1N. The lowest BCUT2D eigenvalue weighted by Gasteiger charge is -2.10. The summed E-state index contributed by atoms with van der Waals surface area (Å²) >= 11 is 0. The second-order valence-electron chi connectivity index (χ2n) is 2.48. The number of aryl methyl sites for hydroxylation is 1. The van der Waals surface area contributed by atoms with Crippen molar-refractivity contribution in [3.05, 3.63) is 12.0 Å². The molecule has 0 fully saturated rings. The van der Waals surface area contributed by atoms with Gasteiger partial charge in [0.2, 0.25) is 0 Å². The van der Waals surface area contributed by atoms with Crippen molar-refractivity contribution in [2.45, 2.75) is 20.8 Å². The highest BCUT2D eigenvalue weighted by Gasteiger charge is 2.12. The van der Waals surface area contributed by atoms with E-state index in [2.05, 4.69) is 4.98 Å². The molecular weight excluding hydrogens is 182 g/mol. The van der Waals surface area contributed by atoms with E-state index in [4.69, 9.17) is 11.6 Å². The predicted molar refractivity (Wildman–Crippen MR) is 55.5 cm³/mol. The van der Waals surface area contributed by atoms with Crippen LogP contribution in [-0.2, 0) is 0 Å². The quantitative estimate of drug-likeness (QED) is 0.363. The molecule has 0 aromatic carbocycles. The normalized spacial score (nSPS) is 8.93. The number of carbonyl (C=O) groups excluding carboxylic acids is 1. The molecule has 14 heavy (non-hydrogen) atoms. The number of hydrogen-bond acceptors (Lipinski definition) is 4. The zero-order chi connectivity index (χ0) is 11.3. The van der Waals surface area contributed by atoms with Gasteiger partial charge in [0.05, 0.1) is 5.69 Å². The third-order valence-corrected chi connectivity index (χ3v) is 1.50. The van der Waals surface area contributed by atoms with Crippen LogP contribution in [0.5, 0.6) is 0 Å². The smallest absolute Gasteiger partial charge is 0.344 e. The molecule has 1 aromatic heterocycles. The molecule has 80 valence electrons. The molecule has 1 rings (SSSR count). The van der Waals surface area contributed by atoms with Crippen LogP contribution in [0.3, 0.4) is 0 Å². The first-order valence-electron chi connectivity index (χ1n) is 4.36. The lowest BCUT2D eigenvalue weighted by atomic mass is 10.5. The van der Waals surface area contributed by atoms with Crippen LogP contribution < -0.4 is 11.6 Å². The van der Waals surface area contributed by atoms with Crippen molar-refractivity contribution in [2.75, 3.05) is 12.8 Å². The van der Waals surface area contributed by atoms with Crippen LogP contribution in [0.15, 0.2) is 6.33 Å².